The van der Waals surface area contributed by atoms with E-state index in [0.29, 0.717) is 11.3 Å². The summed E-state index contributed by atoms with van der Waals surface area (Å²) in [4.78, 5) is 23.2. The van der Waals surface area contributed by atoms with Gasteiger partial charge < -0.3 is 19.6 Å². The first-order chi connectivity index (χ1) is 10.9. The number of carboxylic acid groups (broad SMARTS) is 1. The van der Waals surface area contributed by atoms with Crippen molar-refractivity contribution in [1.82, 2.24) is 5.32 Å². The van der Waals surface area contributed by atoms with Crippen LogP contribution in [0.2, 0.25) is 0 Å². The van der Waals surface area contributed by atoms with Gasteiger partial charge in [-0.15, -0.1) is 0 Å². The molecule has 0 fully saturated rings. The number of carbonyl (C=O) groups excluding carboxylic acids is 1. The van der Waals surface area contributed by atoms with Gasteiger partial charge in [0.1, 0.15) is 12.4 Å². The topological polar surface area (TPSA) is 88.8 Å². The molecule has 0 bridgehead atoms. The van der Waals surface area contributed by atoms with Crippen LogP contribution in [-0.4, -0.2) is 23.5 Å². The highest BCUT2D eigenvalue weighted by Crippen LogP contribution is 2.17. The Labute approximate surface area is 134 Å². The van der Waals surface area contributed by atoms with Crippen LogP contribution in [0.3, 0.4) is 0 Å². The van der Waals surface area contributed by atoms with Gasteiger partial charge in [-0.1, -0.05) is 18.2 Å². The molecule has 0 saturated carbocycles. The lowest BCUT2D eigenvalue weighted by Gasteiger charge is -2.19. The number of benzene rings is 1. The average molecular weight is 317 g/mol. The van der Waals surface area contributed by atoms with Gasteiger partial charge in [0.05, 0.1) is 11.7 Å². The highest BCUT2D eigenvalue weighted by Gasteiger charge is 2.28. The van der Waals surface area contributed by atoms with E-state index < -0.39 is 17.3 Å². The van der Waals surface area contributed by atoms with Crippen LogP contribution in [0.15, 0.2) is 47.1 Å². The Balaban J connectivity index is 1.97. The molecule has 0 spiro atoms. The Morgan fingerprint density at radius 3 is 2.57 bits per heavy atom. The Kier molecular flexibility index (Phi) is 5.05. The first kappa shape index (κ1) is 16.6. The minimum atomic E-state index is -1.05. The van der Waals surface area contributed by atoms with Crippen molar-refractivity contribution in [3.8, 4) is 5.75 Å². The summed E-state index contributed by atoms with van der Waals surface area (Å²) in [5.41, 5.74) is -0.456. The van der Waals surface area contributed by atoms with Crippen LogP contribution in [0.25, 0.3) is 0 Å². The van der Waals surface area contributed by atoms with Crippen molar-refractivity contribution in [2.45, 2.75) is 20.5 Å². The van der Waals surface area contributed by atoms with Gasteiger partial charge in [0.25, 0.3) is 5.91 Å². The van der Waals surface area contributed by atoms with E-state index in [0.717, 1.165) is 0 Å². The smallest absolute Gasteiger partial charge is 0.310 e. The molecule has 0 aliphatic carbocycles. The molecule has 122 valence electrons. The van der Waals surface area contributed by atoms with Crippen LogP contribution >= 0.6 is 0 Å². The van der Waals surface area contributed by atoms with Crippen molar-refractivity contribution in [1.29, 1.82) is 0 Å². The molecule has 1 aromatic carbocycles. The summed E-state index contributed by atoms with van der Waals surface area (Å²) in [5.74, 6) is -0.630. The van der Waals surface area contributed by atoms with Crippen molar-refractivity contribution >= 4 is 11.9 Å². The fourth-order valence-electron chi connectivity index (χ4n) is 1.78. The van der Waals surface area contributed by atoms with E-state index in [9.17, 15) is 9.59 Å². The second-order valence-corrected chi connectivity index (χ2v) is 5.75. The summed E-state index contributed by atoms with van der Waals surface area (Å²) in [6, 6.07) is 10.9. The molecule has 0 unspecified atom stereocenters. The monoisotopic (exact) mass is 317 g/mol. The maximum atomic E-state index is 12.2. The average Bonchev–Trinajstić information content (AvgIpc) is 3.00. The van der Waals surface area contributed by atoms with Crippen LogP contribution in [0, 0.1) is 5.41 Å². The van der Waals surface area contributed by atoms with E-state index in [1.54, 1.807) is 6.07 Å². The maximum Gasteiger partial charge on any atom is 0.310 e. The zero-order chi connectivity index (χ0) is 16.9. The molecule has 0 saturated heterocycles. The molecule has 0 aliphatic rings. The number of hydrogen-bond donors (Lipinski definition) is 2. The van der Waals surface area contributed by atoms with E-state index >= 15 is 0 Å². The lowest BCUT2D eigenvalue weighted by atomic mass is 9.94. The van der Waals surface area contributed by atoms with Crippen molar-refractivity contribution in [3.05, 3.63) is 54.0 Å². The summed E-state index contributed by atoms with van der Waals surface area (Å²) in [5, 5.41) is 11.6. The van der Waals surface area contributed by atoms with Crippen LogP contribution in [0.1, 0.15) is 30.0 Å². The van der Waals surface area contributed by atoms with Crippen molar-refractivity contribution < 1.29 is 23.8 Å². The number of rotatable bonds is 7. The number of amides is 1. The lowest BCUT2D eigenvalue weighted by molar-refractivity contribution is -0.146. The highest BCUT2D eigenvalue weighted by molar-refractivity contribution is 5.93. The van der Waals surface area contributed by atoms with E-state index in [4.69, 9.17) is 14.3 Å². The summed E-state index contributed by atoms with van der Waals surface area (Å²) in [6.45, 7) is 3.26. The van der Waals surface area contributed by atoms with Crippen LogP contribution < -0.4 is 10.1 Å². The van der Waals surface area contributed by atoms with Crippen LogP contribution in [0.4, 0.5) is 0 Å². The summed E-state index contributed by atoms with van der Waals surface area (Å²) in [6.07, 6.45) is 1.40. The number of furan rings is 1. The van der Waals surface area contributed by atoms with Gasteiger partial charge in [-0.25, -0.2) is 0 Å². The van der Waals surface area contributed by atoms with E-state index in [1.807, 2.05) is 30.3 Å². The van der Waals surface area contributed by atoms with Gasteiger partial charge in [0, 0.05) is 12.1 Å². The largest absolute Gasteiger partial charge is 0.489 e. The number of ether oxygens (including phenoxy) is 1. The van der Waals surface area contributed by atoms with Gasteiger partial charge >= 0.3 is 5.97 Å². The van der Waals surface area contributed by atoms with Gasteiger partial charge in [-0.3, -0.25) is 9.59 Å². The van der Waals surface area contributed by atoms with E-state index in [-0.39, 0.29) is 18.9 Å². The molecule has 1 amide bonds. The molecule has 2 N–H and O–H groups in total. The molecule has 0 atom stereocenters. The van der Waals surface area contributed by atoms with Crippen LogP contribution in [0.5, 0.6) is 5.75 Å². The molecule has 2 rings (SSSR count). The van der Waals surface area contributed by atoms with Crippen molar-refractivity contribution in [2.24, 2.45) is 5.41 Å². The third-order valence-electron chi connectivity index (χ3n) is 3.36. The van der Waals surface area contributed by atoms with Crippen LogP contribution in [-0.2, 0) is 11.4 Å². The van der Waals surface area contributed by atoms with Crippen molar-refractivity contribution in [3.63, 3.8) is 0 Å². The summed E-state index contributed by atoms with van der Waals surface area (Å²) < 4.78 is 10.8. The number of carboxylic acids is 1. The zero-order valence-corrected chi connectivity index (χ0v) is 13.0. The fourth-order valence-corrected chi connectivity index (χ4v) is 1.78. The third kappa shape index (κ3) is 4.35. The van der Waals surface area contributed by atoms with E-state index in [2.05, 4.69) is 5.32 Å². The lowest BCUT2D eigenvalue weighted by Crippen LogP contribution is -2.39. The quantitative estimate of drug-likeness (QED) is 0.819. The molecule has 1 aromatic heterocycles. The van der Waals surface area contributed by atoms with Gasteiger partial charge in [-0.05, 0) is 32.0 Å². The minimum Gasteiger partial charge on any atom is -0.489 e. The number of para-hydroxylation sites is 1. The van der Waals surface area contributed by atoms with Gasteiger partial charge in [0.2, 0.25) is 0 Å². The predicted molar refractivity (Wildman–Crippen MR) is 83.2 cm³/mol. The summed E-state index contributed by atoms with van der Waals surface area (Å²) in [7, 11) is 0. The Morgan fingerprint density at radius 1 is 1.22 bits per heavy atom. The molecular formula is C17H19NO5. The zero-order valence-electron chi connectivity index (χ0n) is 13.0. The van der Waals surface area contributed by atoms with Gasteiger partial charge in [0.15, 0.2) is 5.76 Å². The van der Waals surface area contributed by atoms with E-state index in [1.165, 1.54) is 20.1 Å². The standard InChI is InChI=1S/C17H19NO5/c1-17(2,16(20)21)11-18-15(19)14-12(8-9-22-14)10-23-13-6-4-3-5-7-13/h3-9H,10-11H2,1-2H3,(H,18,19)(H,20,21). The minimum absolute atomic E-state index is 0.000842. The van der Waals surface area contributed by atoms with Crippen molar-refractivity contribution in [2.75, 3.05) is 6.54 Å². The predicted octanol–water partition coefficient (Wildman–Crippen LogP) is 2.70. The molecule has 6 nitrogen and oxygen atoms in total. The number of carbonyl (C=O) groups is 2. The Morgan fingerprint density at radius 2 is 1.91 bits per heavy atom. The van der Waals surface area contributed by atoms with Gasteiger partial charge in [-0.2, -0.15) is 0 Å². The SMILES string of the molecule is CC(C)(CNC(=O)c1occc1COc1ccccc1)C(=O)O. The number of nitrogens with one attached hydrogen (secondary N) is 1. The Bertz CT molecular complexity index is 675. The number of hydrogen-bond acceptors (Lipinski definition) is 4. The molecule has 2 aromatic rings. The summed E-state index contributed by atoms with van der Waals surface area (Å²) >= 11 is 0. The Hall–Kier alpha value is -2.76. The third-order valence-corrected chi connectivity index (χ3v) is 3.36. The fraction of sp³-hybridized carbons (Fsp3) is 0.294. The first-order valence-corrected chi connectivity index (χ1v) is 7.16. The molecule has 0 radical (unpaired) electrons. The first-order valence-electron chi connectivity index (χ1n) is 7.16. The molecule has 23 heavy (non-hydrogen) atoms. The second kappa shape index (κ2) is 7.00. The molecule has 6 heteroatoms. The second-order valence-electron chi connectivity index (χ2n) is 5.75. The number of aliphatic carboxylic acids is 1. The molecular weight excluding hydrogens is 298 g/mol. The molecule has 0 aliphatic heterocycles. The normalized spacial score (nSPS) is 11.0. The highest BCUT2D eigenvalue weighted by atomic mass is 16.5. The molecule has 1 heterocycles. The maximum absolute atomic E-state index is 12.2.